The van der Waals surface area contributed by atoms with Crippen molar-refractivity contribution in [2.24, 2.45) is 0 Å². The van der Waals surface area contributed by atoms with Gasteiger partial charge < -0.3 is 0 Å². The van der Waals surface area contributed by atoms with Crippen molar-refractivity contribution in [3.05, 3.63) is 230 Å². The van der Waals surface area contributed by atoms with Crippen molar-refractivity contribution in [2.45, 2.75) is 0 Å². The van der Waals surface area contributed by atoms with Crippen LogP contribution in [0, 0.1) is 11.3 Å². The van der Waals surface area contributed by atoms with Crippen LogP contribution in [0.4, 0.5) is 0 Å². The van der Waals surface area contributed by atoms with Gasteiger partial charge in [0.05, 0.1) is 34.4 Å². The average Bonchev–Trinajstić information content (AvgIpc) is 3.37. The maximum absolute atomic E-state index is 9.77. The highest BCUT2D eigenvalue weighted by Crippen LogP contribution is 2.39. The number of hydrogen-bond acceptors (Lipinski definition) is 5. The summed E-state index contributed by atoms with van der Waals surface area (Å²) in [7, 11) is 0. The second-order valence-corrected chi connectivity index (χ2v) is 15.0. The fraction of sp³-hybridized carbons (Fsp3) is 0. The summed E-state index contributed by atoms with van der Waals surface area (Å²) in [6, 6.07) is 78.7. The standard InChI is InChI=1S/C57H37N5/c58-38-39-16-13-25-44(32-39)45-30-31-50(46-26-14-28-48(33-46)54-36-52(40-17-5-1-6-18-40)59-56(61-54)42-21-9-3-10-22-42)51(35-45)47-27-15-29-49(34-47)55-37-53(41-19-7-2-8-20-41)60-57(62-55)43-23-11-4-12-24-43/h1-37H. The first-order valence-corrected chi connectivity index (χ1v) is 20.5. The Hall–Kier alpha value is -8.59. The number of nitriles is 1. The van der Waals surface area contributed by atoms with Crippen LogP contribution in [0.25, 0.3) is 101 Å². The highest BCUT2D eigenvalue weighted by atomic mass is 14.9. The Kier molecular flexibility index (Phi) is 10.3. The SMILES string of the molecule is N#Cc1cccc(-c2ccc(-c3cccc(-c4cc(-c5ccccc5)nc(-c5ccccc5)n4)c3)c(-c3cccc(-c4cc(-c5ccccc5)nc(-c5ccccc5)n4)c3)c2)c1. The number of hydrogen-bond donors (Lipinski definition) is 0. The molecule has 0 atom stereocenters. The van der Waals surface area contributed by atoms with E-state index in [-0.39, 0.29) is 0 Å². The Labute approximate surface area is 361 Å². The molecule has 0 spiro atoms. The second-order valence-electron chi connectivity index (χ2n) is 15.0. The molecule has 0 aliphatic heterocycles. The van der Waals surface area contributed by atoms with Crippen molar-refractivity contribution >= 4 is 0 Å². The van der Waals surface area contributed by atoms with E-state index in [1.807, 2.05) is 115 Å². The van der Waals surface area contributed by atoms with E-state index in [0.29, 0.717) is 17.2 Å². The highest BCUT2D eigenvalue weighted by Gasteiger charge is 2.16. The van der Waals surface area contributed by atoms with Gasteiger partial charge in [0.1, 0.15) is 0 Å². The minimum absolute atomic E-state index is 0.615. The summed E-state index contributed by atoms with van der Waals surface area (Å²) in [6.45, 7) is 0. The first-order chi connectivity index (χ1) is 30.6. The smallest absolute Gasteiger partial charge is 0.160 e. The van der Waals surface area contributed by atoms with Crippen molar-refractivity contribution < 1.29 is 0 Å². The van der Waals surface area contributed by atoms with Crippen molar-refractivity contribution in [3.63, 3.8) is 0 Å². The van der Waals surface area contributed by atoms with Crippen molar-refractivity contribution in [1.82, 2.24) is 19.9 Å². The van der Waals surface area contributed by atoms with Crippen LogP contribution in [0.1, 0.15) is 5.56 Å². The first kappa shape index (κ1) is 37.7. The zero-order valence-corrected chi connectivity index (χ0v) is 33.6. The van der Waals surface area contributed by atoms with Gasteiger partial charge in [-0.25, -0.2) is 19.9 Å². The lowest BCUT2D eigenvalue weighted by molar-refractivity contribution is 1.18. The van der Waals surface area contributed by atoms with E-state index in [1.165, 1.54) is 0 Å². The third-order valence-electron chi connectivity index (χ3n) is 10.9. The highest BCUT2D eigenvalue weighted by molar-refractivity contribution is 5.90. The zero-order chi connectivity index (χ0) is 41.7. The fourth-order valence-corrected chi connectivity index (χ4v) is 7.81. The molecule has 8 aromatic carbocycles. The molecular formula is C57H37N5. The number of aromatic nitrogens is 4. The molecular weight excluding hydrogens is 755 g/mol. The summed E-state index contributed by atoms with van der Waals surface area (Å²) in [4.78, 5) is 20.3. The van der Waals surface area contributed by atoms with Gasteiger partial charge in [0.2, 0.25) is 0 Å². The molecule has 2 aromatic heterocycles. The van der Waals surface area contributed by atoms with E-state index in [1.54, 1.807) is 0 Å². The predicted octanol–water partition coefficient (Wildman–Crippen LogP) is 14.1. The van der Waals surface area contributed by atoms with E-state index < -0.39 is 0 Å². The van der Waals surface area contributed by atoms with Crippen molar-refractivity contribution in [2.75, 3.05) is 0 Å². The minimum atomic E-state index is 0.615. The molecule has 0 amide bonds. The third-order valence-corrected chi connectivity index (χ3v) is 10.9. The van der Waals surface area contributed by atoms with Crippen LogP contribution >= 0.6 is 0 Å². The fourth-order valence-electron chi connectivity index (χ4n) is 7.81. The first-order valence-electron chi connectivity index (χ1n) is 20.5. The summed E-state index contributed by atoms with van der Waals surface area (Å²) >= 11 is 0. The monoisotopic (exact) mass is 791 g/mol. The Morgan fingerprint density at radius 3 is 1.11 bits per heavy atom. The molecule has 10 rings (SSSR count). The van der Waals surface area contributed by atoms with Crippen LogP contribution in [0.15, 0.2) is 224 Å². The largest absolute Gasteiger partial charge is 0.228 e. The average molecular weight is 792 g/mol. The maximum atomic E-state index is 9.77. The normalized spacial score (nSPS) is 10.9. The van der Waals surface area contributed by atoms with Gasteiger partial charge in [-0.1, -0.05) is 182 Å². The van der Waals surface area contributed by atoms with Gasteiger partial charge in [-0.3, -0.25) is 0 Å². The lowest BCUT2D eigenvalue weighted by Crippen LogP contribution is -1.96. The lowest BCUT2D eigenvalue weighted by atomic mass is 9.89. The molecule has 0 bridgehead atoms. The molecule has 0 fully saturated rings. The van der Waals surface area contributed by atoms with Crippen LogP contribution in [0.5, 0.6) is 0 Å². The van der Waals surface area contributed by atoms with Crippen molar-refractivity contribution in [1.29, 1.82) is 5.26 Å². The third kappa shape index (κ3) is 7.92. The topological polar surface area (TPSA) is 75.3 Å². The van der Waals surface area contributed by atoms with Crippen LogP contribution < -0.4 is 0 Å². The Morgan fingerprint density at radius 1 is 0.258 bits per heavy atom. The number of rotatable bonds is 9. The van der Waals surface area contributed by atoms with Gasteiger partial charge in [-0.2, -0.15) is 5.26 Å². The summed E-state index contributed by atoms with van der Waals surface area (Å²) in [5, 5.41) is 9.77. The van der Waals surface area contributed by atoms with E-state index in [2.05, 4.69) is 115 Å². The molecule has 0 aliphatic carbocycles. The van der Waals surface area contributed by atoms with Gasteiger partial charge in [0.25, 0.3) is 0 Å². The van der Waals surface area contributed by atoms with Gasteiger partial charge in [0, 0.05) is 33.4 Å². The Balaban J connectivity index is 1.12. The van der Waals surface area contributed by atoms with Crippen LogP contribution in [0.3, 0.4) is 0 Å². The molecule has 290 valence electrons. The molecule has 0 N–H and O–H groups in total. The summed E-state index contributed by atoms with van der Waals surface area (Å²) in [5.41, 5.74) is 16.1. The minimum Gasteiger partial charge on any atom is -0.228 e. The van der Waals surface area contributed by atoms with Gasteiger partial charge in [0.15, 0.2) is 11.6 Å². The van der Waals surface area contributed by atoms with Gasteiger partial charge in [-0.15, -0.1) is 0 Å². The van der Waals surface area contributed by atoms with Crippen LogP contribution in [0.2, 0.25) is 0 Å². The molecule has 5 nitrogen and oxygen atoms in total. The van der Waals surface area contributed by atoms with E-state index in [9.17, 15) is 5.26 Å². The van der Waals surface area contributed by atoms with E-state index in [0.717, 1.165) is 89.5 Å². The molecule has 5 heteroatoms. The Bertz CT molecular complexity index is 3120. The molecule has 0 aliphatic rings. The number of benzene rings is 8. The zero-order valence-electron chi connectivity index (χ0n) is 33.6. The van der Waals surface area contributed by atoms with Crippen molar-refractivity contribution in [3.8, 4) is 107 Å². The molecule has 2 heterocycles. The number of nitrogens with zero attached hydrogens (tertiary/aromatic N) is 5. The maximum Gasteiger partial charge on any atom is 0.160 e. The quantitative estimate of drug-likeness (QED) is 0.145. The molecule has 0 radical (unpaired) electrons. The molecule has 0 saturated heterocycles. The second kappa shape index (κ2) is 16.9. The molecule has 0 unspecified atom stereocenters. The van der Waals surface area contributed by atoms with E-state index >= 15 is 0 Å². The van der Waals surface area contributed by atoms with Crippen LogP contribution in [-0.4, -0.2) is 19.9 Å². The predicted molar refractivity (Wildman–Crippen MR) is 251 cm³/mol. The molecule has 0 saturated carbocycles. The summed E-state index contributed by atoms with van der Waals surface area (Å²) < 4.78 is 0. The van der Waals surface area contributed by atoms with E-state index in [4.69, 9.17) is 19.9 Å². The lowest BCUT2D eigenvalue weighted by Gasteiger charge is -2.16. The van der Waals surface area contributed by atoms with Crippen LogP contribution in [-0.2, 0) is 0 Å². The van der Waals surface area contributed by atoms with Gasteiger partial charge in [-0.05, 0) is 75.8 Å². The summed E-state index contributed by atoms with van der Waals surface area (Å²) in [6.07, 6.45) is 0. The summed E-state index contributed by atoms with van der Waals surface area (Å²) in [5.74, 6) is 1.34. The molecule has 10 aromatic rings. The Morgan fingerprint density at radius 2 is 0.629 bits per heavy atom. The van der Waals surface area contributed by atoms with Gasteiger partial charge >= 0.3 is 0 Å². The molecule has 62 heavy (non-hydrogen) atoms.